The van der Waals surface area contributed by atoms with Crippen molar-refractivity contribution in [1.82, 2.24) is 0 Å². The number of hydrogen-bond donors (Lipinski definition) is 0. The second-order valence-corrected chi connectivity index (χ2v) is 4.98. The molecule has 2 aromatic rings. The lowest BCUT2D eigenvalue weighted by Gasteiger charge is -1.97. The summed E-state index contributed by atoms with van der Waals surface area (Å²) in [6.45, 7) is 0. The number of rotatable bonds is 1. The molecule has 0 amide bonds. The van der Waals surface area contributed by atoms with Crippen LogP contribution >= 0.6 is 0 Å². The van der Waals surface area contributed by atoms with Crippen LogP contribution < -0.4 is 0 Å². The Morgan fingerprint density at radius 3 is 1.84 bits per heavy atom. The van der Waals surface area contributed by atoms with Crippen molar-refractivity contribution in [3.8, 4) is 30.3 Å². The first-order valence-corrected chi connectivity index (χ1v) is 6.92. The number of nitrogens with zero attached hydrogens (tertiary/aromatic N) is 5. The van der Waals surface area contributed by atoms with E-state index in [1.807, 2.05) is 6.07 Å². The van der Waals surface area contributed by atoms with Crippen molar-refractivity contribution in [2.45, 2.75) is 0 Å². The molecule has 25 heavy (non-hydrogen) atoms. The van der Waals surface area contributed by atoms with E-state index in [4.69, 9.17) is 25.5 Å². The van der Waals surface area contributed by atoms with Gasteiger partial charge in [0.1, 0.15) is 47.1 Å². The van der Waals surface area contributed by atoms with Gasteiger partial charge < -0.3 is 4.42 Å². The molecule has 0 N–H and O–H groups in total. The molecular weight excluding hydrogens is 314 g/mol. The molecule has 0 aliphatic heterocycles. The van der Waals surface area contributed by atoms with Crippen LogP contribution in [0.5, 0.6) is 0 Å². The molecule has 0 saturated heterocycles. The third kappa shape index (κ3) is 2.32. The first-order chi connectivity index (χ1) is 12.2. The number of allylic oxidation sites excluding steroid dienone is 6. The summed E-state index contributed by atoms with van der Waals surface area (Å²) in [7, 11) is 0. The van der Waals surface area contributed by atoms with Crippen LogP contribution in [-0.2, 0) is 0 Å². The summed E-state index contributed by atoms with van der Waals surface area (Å²) >= 11 is 0. The molecule has 6 nitrogen and oxygen atoms in total. The van der Waals surface area contributed by atoms with Crippen molar-refractivity contribution in [3.63, 3.8) is 0 Å². The molecule has 0 unspecified atom stereocenters. The molecule has 0 radical (unpaired) electrons. The highest BCUT2D eigenvalue weighted by Gasteiger charge is 2.41. The molecule has 1 aliphatic rings. The van der Waals surface area contributed by atoms with E-state index >= 15 is 0 Å². The van der Waals surface area contributed by atoms with Gasteiger partial charge in [0.15, 0.2) is 0 Å². The Balaban J connectivity index is 2.35. The molecular formula is C19H5N5O. The molecule has 1 saturated carbocycles. The highest BCUT2D eigenvalue weighted by atomic mass is 16.3. The van der Waals surface area contributed by atoms with Crippen LogP contribution in [0, 0.1) is 56.7 Å². The van der Waals surface area contributed by atoms with Crippen molar-refractivity contribution in [2.75, 3.05) is 0 Å². The number of fused-ring (bicyclic) bond motifs is 1. The molecule has 0 spiro atoms. The fourth-order valence-corrected chi connectivity index (χ4v) is 2.59. The zero-order valence-electron chi connectivity index (χ0n) is 12.5. The molecule has 0 atom stereocenters. The molecule has 0 bridgehead atoms. The Morgan fingerprint density at radius 2 is 1.32 bits per heavy atom. The van der Waals surface area contributed by atoms with Crippen LogP contribution in [0.4, 0.5) is 0 Å². The van der Waals surface area contributed by atoms with Crippen LogP contribution in [0.15, 0.2) is 62.8 Å². The monoisotopic (exact) mass is 319 g/mol. The maximum atomic E-state index is 9.59. The Bertz CT molecular complexity index is 1150. The minimum atomic E-state index is -0.236. The Morgan fingerprint density at radius 1 is 0.720 bits per heavy atom. The smallest absolute Gasteiger partial charge is 0.138 e. The van der Waals surface area contributed by atoms with Crippen molar-refractivity contribution < 1.29 is 4.42 Å². The van der Waals surface area contributed by atoms with Crippen LogP contribution in [0.25, 0.3) is 16.5 Å². The van der Waals surface area contributed by atoms with Gasteiger partial charge in [-0.25, -0.2) is 0 Å². The number of furan rings is 1. The van der Waals surface area contributed by atoms with E-state index in [0.29, 0.717) is 11.1 Å². The van der Waals surface area contributed by atoms with Gasteiger partial charge in [0, 0.05) is 22.1 Å². The van der Waals surface area contributed by atoms with Gasteiger partial charge in [0.05, 0.1) is 11.8 Å². The maximum absolute atomic E-state index is 9.59. The lowest BCUT2D eigenvalue weighted by molar-refractivity contribution is 0.616. The van der Waals surface area contributed by atoms with Crippen LogP contribution in [-0.4, -0.2) is 0 Å². The SMILES string of the molecule is N#CC(C#N)=C1C(=C(C#N)C#N)C1=C(C#N)c1ccc2ccoc2c1. The quantitative estimate of drug-likeness (QED) is 0.739. The predicted octanol–water partition coefficient (Wildman–Crippen LogP) is 3.41. The molecule has 1 aromatic carbocycles. The highest BCUT2D eigenvalue weighted by Crippen LogP contribution is 2.52. The number of hydrogen-bond acceptors (Lipinski definition) is 6. The van der Waals surface area contributed by atoms with E-state index in [1.165, 1.54) is 6.26 Å². The summed E-state index contributed by atoms with van der Waals surface area (Å²) in [5, 5.41) is 46.8. The van der Waals surface area contributed by atoms with E-state index in [-0.39, 0.29) is 33.4 Å². The molecule has 112 valence electrons. The van der Waals surface area contributed by atoms with Gasteiger partial charge in [0.2, 0.25) is 0 Å². The van der Waals surface area contributed by atoms with Gasteiger partial charge in [-0.3, -0.25) is 0 Å². The standard InChI is InChI=1S/C19H5N5O/c20-6-13(7-21)17-18(14(8-22)9-23)19(17)15(10-24)12-2-1-11-3-4-25-16(11)5-12/h1-5H. The minimum absolute atomic E-state index is 0.175. The van der Waals surface area contributed by atoms with Gasteiger partial charge in [-0.15, -0.1) is 0 Å². The summed E-state index contributed by atoms with van der Waals surface area (Å²) in [5.41, 5.74) is 1.43. The average Bonchev–Trinajstić information content (AvgIpc) is 3.14. The normalized spacial score (nSPS) is 11.6. The second-order valence-electron chi connectivity index (χ2n) is 4.98. The maximum Gasteiger partial charge on any atom is 0.138 e. The van der Waals surface area contributed by atoms with E-state index < -0.39 is 0 Å². The van der Waals surface area contributed by atoms with Gasteiger partial charge >= 0.3 is 0 Å². The van der Waals surface area contributed by atoms with Crippen molar-refractivity contribution in [2.24, 2.45) is 0 Å². The fourth-order valence-electron chi connectivity index (χ4n) is 2.59. The van der Waals surface area contributed by atoms with Gasteiger partial charge in [-0.1, -0.05) is 12.1 Å². The van der Waals surface area contributed by atoms with Gasteiger partial charge in [-0.2, -0.15) is 26.3 Å². The van der Waals surface area contributed by atoms with Crippen molar-refractivity contribution in [1.29, 1.82) is 26.3 Å². The van der Waals surface area contributed by atoms with Crippen LogP contribution in [0.3, 0.4) is 0 Å². The van der Waals surface area contributed by atoms with E-state index in [0.717, 1.165) is 5.39 Å². The van der Waals surface area contributed by atoms with E-state index in [1.54, 1.807) is 48.5 Å². The first kappa shape index (κ1) is 15.3. The minimum Gasteiger partial charge on any atom is -0.464 e. The Hall–Kier alpha value is -4.57. The summed E-state index contributed by atoms with van der Waals surface area (Å²) < 4.78 is 5.32. The van der Waals surface area contributed by atoms with Crippen LogP contribution in [0.1, 0.15) is 5.56 Å². The van der Waals surface area contributed by atoms with E-state index in [2.05, 4.69) is 0 Å². The third-order valence-electron chi connectivity index (χ3n) is 3.74. The van der Waals surface area contributed by atoms with E-state index in [9.17, 15) is 5.26 Å². The molecule has 6 heteroatoms. The second kappa shape index (κ2) is 5.91. The molecule has 1 aromatic heterocycles. The number of nitriles is 5. The topological polar surface area (TPSA) is 132 Å². The zero-order valence-corrected chi connectivity index (χ0v) is 12.5. The number of benzene rings is 1. The lowest BCUT2D eigenvalue weighted by Crippen LogP contribution is -1.82. The molecule has 3 rings (SSSR count). The fraction of sp³-hybridized carbons (Fsp3) is 0. The Kier molecular flexibility index (Phi) is 3.62. The van der Waals surface area contributed by atoms with Crippen molar-refractivity contribution >= 4 is 16.5 Å². The van der Waals surface area contributed by atoms with Gasteiger partial charge in [0.25, 0.3) is 0 Å². The van der Waals surface area contributed by atoms with Crippen molar-refractivity contribution in [3.05, 3.63) is 64.0 Å². The third-order valence-corrected chi connectivity index (χ3v) is 3.74. The molecule has 1 heterocycles. The predicted molar refractivity (Wildman–Crippen MR) is 85.3 cm³/mol. The molecule has 1 aliphatic carbocycles. The first-order valence-electron chi connectivity index (χ1n) is 6.92. The largest absolute Gasteiger partial charge is 0.464 e. The summed E-state index contributed by atoms with van der Waals surface area (Å²) in [6, 6.07) is 15.9. The summed E-state index contributed by atoms with van der Waals surface area (Å²) in [4.78, 5) is 0. The van der Waals surface area contributed by atoms with Crippen LogP contribution in [0.2, 0.25) is 0 Å². The van der Waals surface area contributed by atoms with Gasteiger partial charge in [-0.05, 0) is 17.7 Å². The lowest BCUT2D eigenvalue weighted by atomic mass is 10.0. The summed E-state index contributed by atoms with van der Waals surface area (Å²) in [6.07, 6.45) is 1.52. The highest BCUT2D eigenvalue weighted by molar-refractivity contribution is 6.01. The Labute approximate surface area is 142 Å². The summed E-state index contributed by atoms with van der Waals surface area (Å²) in [5.74, 6) is 0. The average molecular weight is 319 g/mol. The molecule has 1 fully saturated rings. The zero-order chi connectivity index (χ0) is 18.0.